The molecule has 178 valence electrons. The average Bonchev–Trinajstić information content (AvgIpc) is 3.19. The molecule has 5 rings (SSSR count). The first-order valence-corrected chi connectivity index (χ1v) is 12.4. The Bertz CT molecular complexity index is 1460. The molecule has 0 saturated carbocycles. The molecule has 0 aliphatic carbocycles. The highest BCUT2D eigenvalue weighted by Crippen LogP contribution is 2.29. The first kappa shape index (κ1) is 22.9. The fourth-order valence-electron chi connectivity index (χ4n) is 4.24. The SMILES string of the molecule is CC(=O)N(c1ccccc1)c1nc(COC(=O)c2ccc3c(=O)n4c(nc3c2)CCCCC4)cs1. The fraction of sp³-hybridized carbons (Fsp3) is 0.269. The summed E-state index contributed by atoms with van der Waals surface area (Å²) in [4.78, 5) is 48.5. The van der Waals surface area contributed by atoms with Crippen molar-refractivity contribution in [2.75, 3.05) is 4.90 Å². The number of fused-ring (bicyclic) bond motifs is 2. The van der Waals surface area contributed by atoms with Crippen molar-refractivity contribution in [1.29, 1.82) is 0 Å². The molecule has 4 aromatic rings. The number of esters is 1. The van der Waals surface area contributed by atoms with Crippen LogP contribution in [0.5, 0.6) is 0 Å². The van der Waals surface area contributed by atoms with Crippen molar-refractivity contribution in [3.05, 3.63) is 81.3 Å². The summed E-state index contributed by atoms with van der Waals surface area (Å²) in [5.41, 5.74) is 2.04. The Kier molecular flexibility index (Phi) is 6.41. The van der Waals surface area contributed by atoms with Crippen LogP contribution >= 0.6 is 11.3 Å². The molecular formula is C26H24N4O4S. The van der Waals surface area contributed by atoms with Gasteiger partial charge in [0, 0.05) is 25.3 Å². The largest absolute Gasteiger partial charge is 0.456 e. The predicted molar refractivity (Wildman–Crippen MR) is 134 cm³/mol. The van der Waals surface area contributed by atoms with Crippen LogP contribution in [0.1, 0.15) is 48.1 Å². The summed E-state index contributed by atoms with van der Waals surface area (Å²) in [5.74, 6) is 0.0882. The Morgan fingerprint density at radius 1 is 1.09 bits per heavy atom. The van der Waals surface area contributed by atoms with Gasteiger partial charge in [-0.2, -0.15) is 0 Å². The number of benzene rings is 2. The third kappa shape index (κ3) is 4.72. The number of amides is 1. The van der Waals surface area contributed by atoms with Crippen molar-refractivity contribution in [3.8, 4) is 0 Å². The van der Waals surface area contributed by atoms with Gasteiger partial charge in [0.2, 0.25) is 5.91 Å². The topological polar surface area (TPSA) is 94.4 Å². The number of aromatic nitrogens is 3. The minimum Gasteiger partial charge on any atom is -0.456 e. The zero-order valence-corrected chi connectivity index (χ0v) is 20.1. The first-order chi connectivity index (χ1) is 17.0. The molecule has 0 atom stereocenters. The van der Waals surface area contributed by atoms with Crippen LogP contribution in [0.15, 0.2) is 58.7 Å². The minimum atomic E-state index is -0.523. The summed E-state index contributed by atoms with van der Waals surface area (Å²) >= 11 is 1.30. The standard InChI is InChI=1S/C26H24N4O4S/c1-17(31)30(20-8-4-2-5-9-20)26-27-19(16-35-26)15-34-25(33)18-11-12-21-22(14-18)28-23-10-6-3-7-13-29(23)24(21)32/h2,4-5,8-9,11-12,14,16H,3,6-7,10,13,15H2,1H3. The molecule has 1 aliphatic rings. The second-order valence-electron chi connectivity index (χ2n) is 8.41. The highest BCUT2D eigenvalue weighted by molar-refractivity contribution is 7.14. The van der Waals surface area contributed by atoms with E-state index in [2.05, 4.69) is 9.97 Å². The summed E-state index contributed by atoms with van der Waals surface area (Å²) < 4.78 is 7.23. The maximum atomic E-state index is 12.9. The van der Waals surface area contributed by atoms with E-state index in [-0.39, 0.29) is 18.1 Å². The van der Waals surface area contributed by atoms with Gasteiger partial charge >= 0.3 is 5.97 Å². The third-order valence-electron chi connectivity index (χ3n) is 5.96. The Labute approximate surface area is 205 Å². The Hall–Kier alpha value is -3.85. The Morgan fingerprint density at radius 3 is 2.71 bits per heavy atom. The van der Waals surface area contributed by atoms with Crippen molar-refractivity contribution in [2.45, 2.75) is 45.8 Å². The summed E-state index contributed by atoms with van der Waals surface area (Å²) in [7, 11) is 0. The quantitative estimate of drug-likeness (QED) is 0.381. The van der Waals surface area contributed by atoms with Gasteiger partial charge in [-0.05, 0) is 43.2 Å². The van der Waals surface area contributed by atoms with Crippen molar-refractivity contribution >= 4 is 44.9 Å². The van der Waals surface area contributed by atoms with Gasteiger partial charge in [0.1, 0.15) is 12.4 Å². The number of carbonyl (C=O) groups is 2. The van der Waals surface area contributed by atoms with Gasteiger partial charge in [-0.3, -0.25) is 19.1 Å². The number of carbonyl (C=O) groups excluding carboxylic acids is 2. The average molecular weight is 489 g/mol. The number of thiazole rings is 1. The summed E-state index contributed by atoms with van der Waals surface area (Å²) in [5, 5.41) is 2.77. The summed E-state index contributed by atoms with van der Waals surface area (Å²) in [6, 6.07) is 14.1. The number of anilines is 2. The van der Waals surface area contributed by atoms with Crippen LogP contribution in [0.25, 0.3) is 10.9 Å². The molecule has 0 fully saturated rings. The Morgan fingerprint density at radius 2 is 1.91 bits per heavy atom. The fourth-order valence-corrected chi connectivity index (χ4v) is 5.11. The lowest BCUT2D eigenvalue weighted by Gasteiger charge is -2.17. The van der Waals surface area contributed by atoms with Crippen LogP contribution in [0.2, 0.25) is 0 Å². The second kappa shape index (κ2) is 9.79. The van der Waals surface area contributed by atoms with E-state index in [4.69, 9.17) is 4.74 Å². The second-order valence-corrected chi connectivity index (χ2v) is 9.25. The molecule has 0 bridgehead atoms. The van der Waals surface area contributed by atoms with Crippen molar-refractivity contribution in [2.24, 2.45) is 0 Å². The van der Waals surface area contributed by atoms with Crippen LogP contribution < -0.4 is 10.5 Å². The molecule has 0 N–H and O–H groups in total. The van der Waals surface area contributed by atoms with Gasteiger partial charge in [-0.25, -0.2) is 14.8 Å². The zero-order chi connectivity index (χ0) is 24.4. The number of ether oxygens (including phenoxy) is 1. The summed E-state index contributed by atoms with van der Waals surface area (Å²) in [6.07, 6.45) is 3.80. The third-order valence-corrected chi connectivity index (χ3v) is 6.84. The van der Waals surface area contributed by atoms with E-state index in [1.807, 2.05) is 30.3 Å². The number of hydrogen-bond acceptors (Lipinski definition) is 7. The van der Waals surface area contributed by atoms with Gasteiger partial charge in [-0.1, -0.05) is 24.6 Å². The molecule has 35 heavy (non-hydrogen) atoms. The van der Waals surface area contributed by atoms with Crippen molar-refractivity contribution in [3.63, 3.8) is 0 Å². The molecule has 0 radical (unpaired) electrons. The molecule has 0 unspecified atom stereocenters. The highest BCUT2D eigenvalue weighted by Gasteiger charge is 2.19. The molecular weight excluding hydrogens is 464 g/mol. The molecule has 9 heteroatoms. The zero-order valence-electron chi connectivity index (χ0n) is 19.3. The smallest absolute Gasteiger partial charge is 0.338 e. The lowest BCUT2D eigenvalue weighted by Crippen LogP contribution is -2.24. The monoisotopic (exact) mass is 488 g/mol. The van der Waals surface area contributed by atoms with E-state index >= 15 is 0 Å². The number of nitrogens with zero attached hydrogens (tertiary/aromatic N) is 4. The normalized spacial score (nSPS) is 13.2. The number of rotatable bonds is 5. The maximum Gasteiger partial charge on any atom is 0.338 e. The first-order valence-electron chi connectivity index (χ1n) is 11.5. The lowest BCUT2D eigenvalue weighted by atomic mass is 10.1. The summed E-state index contributed by atoms with van der Waals surface area (Å²) in [6.45, 7) is 2.13. The molecule has 2 aromatic carbocycles. The van der Waals surface area contributed by atoms with Gasteiger partial charge in [0.05, 0.1) is 27.8 Å². The van der Waals surface area contributed by atoms with Crippen LogP contribution in [0.3, 0.4) is 0 Å². The molecule has 0 spiro atoms. The molecule has 2 aromatic heterocycles. The van der Waals surface area contributed by atoms with Crippen LogP contribution in [0, 0.1) is 0 Å². The number of aryl methyl sites for hydroxylation is 1. The van der Waals surface area contributed by atoms with E-state index < -0.39 is 5.97 Å². The predicted octanol–water partition coefficient (Wildman–Crippen LogP) is 4.62. The van der Waals surface area contributed by atoms with E-state index in [1.165, 1.54) is 23.2 Å². The van der Waals surface area contributed by atoms with Gasteiger partial charge in [0.15, 0.2) is 5.13 Å². The molecule has 0 saturated heterocycles. The molecule has 1 aliphatic heterocycles. The number of hydrogen-bond donors (Lipinski definition) is 0. The van der Waals surface area contributed by atoms with E-state index in [1.54, 1.807) is 28.1 Å². The van der Waals surface area contributed by atoms with E-state index in [0.717, 1.165) is 37.2 Å². The maximum absolute atomic E-state index is 12.9. The number of para-hydroxylation sites is 1. The molecule has 3 heterocycles. The van der Waals surface area contributed by atoms with Crippen LogP contribution in [-0.4, -0.2) is 26.4 Å². The van der Waals surface area contributed by atoms with Crippen LogP contribution in [-0.2, 0) is 29.1 Å². The van der Waals surface area contributed by atoms with Gasteiger partial charge in [0.25, 0.3) is 5.56 Å². The highest BCUT2D eigenvalue weighted by atomic mass is 32.1. The van der Waals surface area contributed by atoms with Gasteiger partial charge in [-0.15, -0.1) is 11.3 Å². The molecule has 1 amide bonds. The molecule has 8 nitrogen and oxygen atoms in total. The van der Waals surface area contributed by atoms with E-state index in [0.29, 0.717) is 33.8 Å². The van der Waals surface area contributed by atoms with Crippen molar-refractivity contribution in [1.82, 2.24) is 14.5 Å². The van der Waals surface area contributed by atoms with Crippen LogP contribution in [0.4, 0.5) is 10.8 Å². The lowest BCUT2D eigenvalue weighted by molar-refractivity contribution is -0.115. The van der Waals surface area contributed by atoms with E-state index in [9.17, 15) is 14.4 Å². The Balaban J connectivity index is 1.32. The van der Waals surface area contributed by atoms with Crippen molar-refractivity contribution < 1.29 is 14.3 Å². The van der Waals surface area contributed by atoms with Gasteiger partial charge < -0.3 is 4.74 Å². The minimum absolute atomic E-state index is 0.0336.